The van der Waals surface area contributed by atoms with Crippen LogP contribution in [0.3, 0.4) is 0 Å². The van der Waals surface area contributed by atoms with Gasteiger partial charge in [-0.25, -0.2) is 0 Å². The van der Waals surface area contributed by atoms with E-state index < -0.39 is 11.9 Å². The van der Waals surface area contributed by atoms with Crippen molar-refractivity contribution in [1.82, 2.24) is 0 Å². The number of ether oxygens (including phenoxy) is 2. The number of carboxylic acid groups (broad SMARTS) is 1. The van der Waals surface area contributed by atoms with Gasteiger partial charge < -0.3 is 14.6 Å². The molecule has 0 radical (unpaired) electrons. The zero-order valence-electron chi connectivity index (χ0n) is 10.9. The Labute approximate surface area is 117 Å². The summed E-state index contributed by atoms with van der Waals surface area (Å²) in [6.07, 6.45) is 0.966. The van der Waals surface area contributed by atoms with Gasteiger partial charge in [0.15, 0.2) is 0 Å². The van der Waals surface area contributed by atoms with Crippen LogP contribution in [0.1, 0.15) is 6.42 Å². The van der Waals surface area contributed by atoms with E-state index >= 15 is 0 Å². The number of methoxy groups -OCH3 is 1. The van der Waals surface area contributed by atoms with Crippen LogP contribution in [0.4, 0.5) is 0 Å². The number of hydrogen-bond acceptors (Lipinski definition) is 4. The van der Waals surface area contributed by atoms with E-state index in [0.717, 1.165) is 23.7 Å². The number of hydrogen-bond donors (Lipinski definition) is 1. The van der Waals surface area contributed by atoms with E-state index in [4.69, 9.17) is 9.47 Å². The van der Waals surface area contributed by atoms with Crippen molar-refractivity contribution in [2.24, 2.45) is 11.8 Å². The van der Waals surface area contributed by atoms with Crippen molar-refractivity contribution in [3.63, 3.8) is 0 Å². The van der Waals surface area contributed by atoms with Crippen LogP contribution >= 0.6 is 11.8 Å². The molecule has 0 aromatic heterocycles. The third-order valence-electron chi connectivity index (χ3n) is 3.34. The van der Waals surface area contributed by atoms with Gasteiger partial charge in [0.25, 0.3) is 0 Å². The fourth-order valence-electron chi connectivity index (χ4n) is 2.14. The average Bonchev–Trinajstić information content (AvgIpc) is 2.93. The second-order valence-corrected chi connectivity index (χ2v) is 5.70. The molecule has 104 valence electrons. The van der Waals surface area contributed by atoms with Crippen molar-refractivity contribution in [3.8, 4) is 11.5 Å². The molecule has 1 N–H and O–H groups in total. The van der Waals surface area contributed by atoms with Gasteiger partial charge in [0.05, 0.1) is 13.0 Å². The van der Waals surface area contributed by atoms with Crippen LogP contribution in [0, 0.1) is 11.8 Å². The minimum atomic E-state index is -0.763. The number of carbonyl (C=O) groups is 1. The summed E-state index contributed by atoms with van der Waals surface area (Å²) >= 11 is 1.82. The van der Waals surface area contributed by atoms with E-state index in [1.54, 1.807) is 31.4 Å². The van der Waals surface area contributed by atoms with Gasteiger partial charge in [-0.1, -0.05) is 0 Å². The van der Waals surface area contributed by atoms with Crippen LogP contribution in [-0.4, -0.2) is 36.3 Å². The molecule has 1 aliphatic rings. The summed E-state index contributed by atoms with van der Waals surface area (Å²) in [6, 6.07) is 7.19. The standard InChI is InChI=1S/C14H18O4S/c1-17-11-2-4-12(5-3-11)18-8-13(14(15)16)10-6-7-19-9-10/h2-5,10,13H,6-9H2,1H3,(H,15,16). The van der Waals surface area contributed by atoms with Gasteiger partial charge in [-0.15, -0.1) is 0 Å². The van der Waals surface area contributed by atoms with Gasteiger partial charge in [-0.05, 0) is 48.1 Å². The lowest BCUT2D eigenvalue weighted by Gasteiger charge is -2.19. The van der Waals surface area contributed by atoms with Crippen molar-refractivity contribution >= 4 is 17.7 Å². The molecule has 2 unspecified atom stereocenters. The first kappa shape index (κ1) is 14.1. The smallest absolute Gasteiger partial charge is 0.310 e. The lowest BCUT2D eigenvalue weighted by Crippen LogP contribution is -2.29. The molecule has 0 amide bonds. The number of aliphatic carboxylic acids is 1. The Hall–Kier alpha value is -1.36. The van der Waals surface area contributed by atoms with Crippen molar-refractivity contribution < 1.29 is 19.4 Å². The van der Waals surface area contributed by atoms with Crippen LogP contribution in [0.5, 0.6) is 11.5 Å². The highest BCUT2D eigenvalue weighted by atomic mass is 32.2. The Morgan fingerprint density at radius 1 is 1.42 bits per heavy atom. The van der Waals surface area contributed by atoms with Gasteiger partial charge in [-0.3, -0.25) is 4.79 Å². The highest BCUT2D eigenvalue weighted by molar-refractivity contribution is 7.99. The molecule has 5 heteroatoms. The topological polar surface area (TPSA) is 55.8 Å². The van der Waals surface area contributed by atoms with E-state index in [0.29, 0.717) is 5.75 Å². The average molecular weight is 282 g/mol. The molecule has 19 heavy (non-hydrogen) atoms. The van der Waals surface area contributed by atoms with Crippen LogP contribution in [-0.2, 0) is 4.79 Å². The summed E-state index contributed by atoms with van der Waals surface area (Å²) < 4.78 is 10.7. The van der Waals surface area contributed by atoms with E-state index in [1.807, 2.05) is 11.8 Å². The number of carboxylic acids is 1. The van der Waals surface area contributed by atoms with Gasteiger partial charge >= 0.3 is 5.97 Å². The predicted molar refractivity (Wildman–Crippen MR) is 75.0 cm³/mol. The Balaban J connectivity index is 1.92. The Morgan fingerprint density at radius 3 is 2.63 bits per heavy atom. The first-order valence-corrected chi connectivity index (χ1v) is 7.43. The Morgan fingerprint density at radius 2 is 2.11 bits per heavy atom. The van der Waals surface area contributed by atoms with Crippen molar-refractivity contribution in [3.05, 3.63) is 24.3 Å². The highest BCUT2D eigenvalue weighted by Crippen LogP contribution is 2.30. The van der Waals surface area contributed by atoms with E-state index in [2.05, 4.69) is 0 Å². The zero-order valence-corrected chi connectivity index (χ0v) is 11.7. The quantitative estimate of drug-likeness (QED) is 0.869. The molecule has 4 nitrogen and oxygen atoms in total. The predicted octanol–water partition coefficient (Wildman–Crippen LogP) is 2.53. The maximum Gasteiger partial charge on any atom is 0.310 e. The molecule has 0 bridgehead atoms. The van der Waals surface area contributed by atoms with Crippen LogP contribution in [0.15, 0.2) is 24.3 Å². The minimum Gasteiger partial charge on any atom is -0.497 e. The van der Waals surface area contributed by atoms with Gasteiger partial charge in [0.1, 0.15) is 18.1 Å². The molecule has 0 saturated carbocycles. The van der Waals surface area contributed by atoms with E-state index in [9.17, 15) is 9.90 Å². The third-order valence-corrected chi connectivity index (χ3v) is 4.53. The maximum atomic E-state index is 11.3. The van der Waals surface area contributed by atoms with Gasteiger partial charge in [-0.2, -0.15) is 11.8 Å². The first-order valence-electron chi connectivity index (χ1n) is 6.28. The zero-order chi connectivity index (χ0) is 13.7. The monoisotopic (exact) mass is 282 g/mol. The lowest BCUT2D eigenvalue weighted by atomic mass is 9.93. The second kappa shape index (κ2) is 6.70. The lowest BCUT2D eigenvalue weighted by molar-refractivity contribution is -0.144. The maximum absolute atomic E-state index is 11.3. The van der Waals surface area contributed by atoms with Crippen LogP contribution < -0.4 is 9.47 Å². The van der Waals surface area contributed by atoms with Gasteiger partial charge in [0, 0.05) is 0 Å². The number of benzene rings is 1. The summed E-state index contributed by atoms with van der Waals surface area (Å²) in [5, 5.41) is 9.28. The van der Waals surface area contributed by atoms with Crippen LogP contribution in [0.25, 0.3) is 0 Å². The molecule has 2 rings (SSSR count). The van der Waals surface area contributed by atoms with Crippen molar-refractivity contribution in [2.75, 3.05) is 25.2 Å². The molecule has 2 atom stereocenters. The Kier molecular flexibility index (Phi) is 4.96. The fourth-order valence-corrected chi connectivity index (χ4v) is 3.47. The minimum absolute atomic E-state index is 0.223. The summed E-state index contributed by atoms with van der Waals surface area (Å²) in [7, 11) is 1.61. The molecule has 1 aliphatic heterocycles. The second-order valence-electron chi connectivity index (χ2n) is 4.55. The molecule has 1 aromatic carbocycles. The first-order chi connectivity index (χ1) is 9.20. The molecular formula is C14H18O4S. The number of rotatable bonds is 6. The molecule has 1 aromatic rings. The van der Waals surface area contributed by atoms with Crippen molar-refractivity contribution in [2.45, 2.75) is 6.42 Å². The van der Waals surface area contributed by atoms with Crippen LogP contribution in [0.2, 0.25) is 0 Å². The Bertz CT molecular complexity index is 412. The van der Waals surface area contributed by atoms with Gasteiger partial charge in [0.2, 0.25) is 0 Å². The van der Waals surface area contributed by atoms with E-state index in [1.165, 1.54) is 0 Å². The SMILES string of the molecule is COc1ccc(OCC(C(=O)O)C2CCSC2)cc1. The normalized spacial score (nSPS) is 19.9. The molecule has 1 fully saturated rings. The summed E-state index contributed by atoms with van der Waals surface area (Å²) in [6.45, 7) is 0.229. The van der Waals surface area contributed by atoms with Crippen molar-refractivity contribution in [1.29, 1.82) is 0 Å². The molecule has 0 aliphatic carbocycles. The highest BCUT2D eigenvalue weighted by Gasteiger charge is 2.31. The summed E-state index contributed by atoms with van der Waals surface area (Å²) in [5.41, 5.74) is 0. The molecule has 0 spiro atoms. The fraction of sp³-hybridized carbons (Fsp3) is 0.500. The van der Waals surface area contributed by atoms with E-state index in [-0.39, 0.29) is 12.5 Å². The molecule has 1 heterocycles. The molecule has 1 saturated heterocycles. The molecular weight excluding hydrogens is 264 g/mol. The number of thioether (sulfide) groups is 1. The third kappa shape index (κ3) is 3.80. The largest absolute Gasteiger partial charge is 0.497 e. The summed E-state index contributed by atoms with van der Waals surface area (Å²) in [4.78, 5) is 11.3. The summed E-state index contributed by atoms with van der Waals surface area (Å²) in [5.74, 6) is 2.45.